The van der Waals surface area contributed by atoms with E-state index in [0.717, 1.165) is 15.7 Å². The fraction of sp³-hybridized carbons (Fsp3) is 0.200. The lowest BCUT2D eigenvalue weighted by Crippen LogP contribution is -2.20. The van der Waals surface area contributed by atoms with Crippen molar-refractivity contribution in [2.45, 2.75) is 20.0 Å². The molecule has 1 N–H and O–H groups in total. The summed E-state index contributed by atoms with van der Waals surface area (Å²) in [4.78, 5) is 16.0. The average Bonchev–Trinajstić information content (AvgIpc) is 3.06. The number of amides is 1. The van der Waals surface area contributed by atoms with Crippen LogP contribution in [0, 0.1) is 12.7 Å². The Hall–Kier alpha value is -2.55. The quantitative estimate of drug-likeness (QED) is 0.722. The van der Waals surface area contributed by atoms with Gasteiger partial charge >= 0.3 is 0 Å². The van der Waals surface area contributed by atoms with Crippen LogP contribution in [0.1, 0.15) is 11.3 Å². The van der Waals surface area contributed by atoms with Crippen molar-refractivity contribution in [3.05, 3.63) is 58.3 Å². The van der Waals surface area contributed by atoms with Gasteiger partial charge in [0, 0.05) is 6.20 Å². The number of halogens is 2. The van der Waals surface area contributed by atoms with E-state index in [1.807, 2.05) is 6.92 Å². The first-order chi connectivity index (χ1) is 11.5. The van der Waals surface area contributed by atoms with Crippen molar-refractivity contribution in [3.8, 4) is 0 Å². The highest BCUT2D eigenvalue weighted by molar-refractivity contribution is 9.10. The van der Waals surface area contributed by atoms with Crippen LogP contribution in [0.4, 0.5) is 10.3 Å². The molecular formula is C15H14BrFN6O. The van der Waals surface area contributed by atoms with Crippen LogP contribution in [0.25, 0.3) is 0 Å². The molecule has 9 heteroatoms. The van der Waals surface area contributed by atoms with Crippen LogP contribution in [0.2, 0.25) is 0 Å². The SMILES string of the molecule is Cc1nn(CC(=O)Nc2ncn(Cc3cccc(F)c3)n2)cc1Br. The second-order valence-electron chi connectivity index (χ2n) is 5.20. The van der Waals surface area contributed by atoms with Crippen LogP contribution in [0.5, 0.6) is 0 Å². The number of aryl methyl sites for hydroxylation is 1. The van der Waals surface area contributed by atoms with Gasteiger partial charge in [-0.1, -0.05) is 12.1 Å². The molecule has 2 heterocycles. The third-order valence-corrected chi connectivity index (χ3v) is 3.99. The van der Waals surface area contributed by atoms with E-state index in [1.165, 1.54) is 27.8 Å². The third kappa shape index (κ3) is 4.05. The lowest BCUT2D eigenvalue weighted by molar-refractivity contribution is -0.116. The largest absolute Gasteiger partial charge is 0.292 e. The molecule has 3 rings (SSSR count). The predicted octanol–water partition coefficient (Wildman–Crippen LogP) is 2.37. The van der Waals surface area contributed by atoms with E-state index in [1.54, 1.807) is 18.3 Å². The lowest BCUT2D eigenvalue weighted by Gasteiger charge is -2.02. The number of anilines is 1. The molecule has 0 saturated heterocycles. The van der Waals surface area contributed by atoms with Crippen molar-refractivity contribution in [2.24, 2.45) is 0 Å². The summed E-state index contributed by atoms with van der Waals surface area (Å²) in [6.45, 7) is 2.27. The van der Waals surface area contributed by atoms with Crippen LogP contribution >= 0.6 is 15.9 Å². The lowest BCUT2D eigenvalue weighted by atomic mass is 10.2. The average molecular weight is 393 g/mol. The molecule has 7 nitrogen and oxygen atoms in total. The summed E-state index contributed by atoms with van der Waals surface area (Å²) in [5, 5.41) is 10.9. The summed E-state index contributed by atoms with van der Waals surface area (Å²) >= 11 is 3.34. The number of rotatable bonds is 5. The second-order valence-corrected chi connectivity index (χ2v) is 6.06. The first-order valence-electron chi connectivity index (χ1n) is 7.13. The Kier molecular flexibility index (Phi) is 4.70. The summed E-state index contributed by atoms with van der Waals surface area (Å²) in [6.07, 6.45) is 3.21. The number of aromatic nitrogens is 5. The van der Waals surface area contributed by atoms with Crippen molar-refractivity contribution in [3.63, 3.8) is 0 Å². The predicted molar refractivity (Wildman–Crippen MR) is 88.8 cm³/mol. The van der Waals surface area contributed by atoms with Gasteiger partial charge in [0.25, 0.3) is 0 Å². The summed E-state index contributed by atoms with van der Waals surface area (Å²) in [6, 6.07) is 6.24. The number of hydrogen-bond donors (Lipinski definition) is 1. The second kappa shape index (κ2) is 6.91. The molecule has 0 aliphatic heterocycles. The Morgan fingerprint density at radius 3 is 2.88 bits per heavy atom. The highest BCUT2D eigenvalue weighted by atomic mass is 79.9. The first-order valence-corrected chi connectivity index (χ1v) is 7.92. The van der Waals surface area contributed by atoms with Gasteiger partial charge in [0.15, 0.2) is 0 Å². The minimum absolute atomic E-state index is 0.0604. The normalized spacial score (nSPS) is 10.8. The Balaban J connectivity index is 1.60. The Morgan fingerprint density at radius 1 is 1.33 bits per heavy atom. The zero-order valence-corrected chi connectivity index (χ0v) is 14.4. The molecule has 0 radical (unpaired) electrons. The van der Waals surface area contributed by atoms with Gasteiger partial charge in [-0.15, -0.1) is 5.10 Å². The topological polar surface area (TPSA) is 77.6 Å². The molecule has 0 aliphatic rings. The van der Waals surface area contributed by atoms with Gasteiger partial charge in [-0.3, -0.25) is 14.8 Å². The molecule has 0 fully saturated rings. The molecule has 0 saturated carbocycles. The molecule has 0 aliphatic carbocycles. The molecule has 24 heavy (non-hydrogen) atoms. The summed E-state index contributed by atoms with van der Waals surface area (Å²) in [5.41, 5.74) is 1.56. The molecule has 0 unspecified atom stereocenters. The van der Waals surface area contributed by atoms with Crippen LogP contribution < -0.4 is 5.32 Å². The highest BCUT2D eigenvalue weighted by Crippen LogP contribution is 2.13. The van der Waals surface area contributed by atoms with E-state index >= 15 is 0 Å². The maximum Gasteiger partial charge on any atom is 0.248 e. The van der Waals surface area contributed by atoms with Crippen LogP contribution in [0.3, 0.4) is 0 Å². The summed E-state index contributed by atoms with van der Waals surface area (Å²) in [7, 11) is 0. The van der Waals surface area contributed by atoms with Gasteiger partial charge in [0.2, 0.25) is 11.9 Å². The zero-order valence-electron chi connectivity index (χ0n) is 12.8. The van der Waals surface area contributed by atoms with Gasteiger partial charge in [0.1, 0.15) is 18.7 Å². The minimum Gasteiger partial charge on any atom is -0.292 e. The number of hydrogen-bond acceptors (Lipinski definition) is 4. The maximum atomic E-state index is 13.2. The Labute approximate surface area is 145 Å². The van der Waals surface area contributed by atoms with Gasteiger partial charge in [-0.2, -0.15) is 5.10 Å². The standard InChI is InChI=1S/C15H14BrFN6O/c1-10-13(16)7-22(20-10)8-14(24)19-15-18-9-23(21-15)6-11-3-2-4-12(17)5-11/h2-5,7,9H,6,8H2,1H3,(H,19,21,24). The van der Waals surface area contributed by atoms with E-state index in [4.69, 9.17) is 0 Å². The molecule has 0 atom stereocenters. The van der Waals surface area contributed by atoms with Crippen molar-refractivity contribution < 1.29 is 9.18 Å². The van der Waals surface area contributed by atoms with Gasteiger partial charge in [-0.25, -0.2) is 14.1 Å². The van der Waals surface area contributed by atoms with E-state index < -0.39 is 0 Å². The molecule has 0 bridgehead atoms. The van der Waals surface area contributed by atoms with Gasteiger partial charge in [-0.05, 0) is 40.5 Å². The Morgan fingerprint density at radius 2 is 2.17 bits per heavy atom. The van der Waals surface area contributed by atoms with Crippen LogP contribution in [0.15, 0.2) is 41.3 Å². The molecule has 1 amide bonds. The van der Waals surface area contributed by atoms with E-state index in [0.29, 0.717) is 6.54 Å². The zero-order chi connectivity index (χ0) is 17.1. The third-order valence-electron chi connectivity index (χ3n) is 3.21. The van der Waals surface area contributed by atoms with E-state index in [-0.39, 0.29) is 24.2 Å². The van der Waals surface area contributed by atoms with Crippen LogP contribution in [-0.4, -0.2) is 30.5 Å². The fourth-order valence-corrected chi connectivity index (χ4v) is 2.45. The molecule has 3 aromatic rings. The molecule has 124 valence electrons. The maximum absolute atomic E-state index is 13.2. The fourth-order valence-electron chi connectivity index (χ4n) is 2.14. The van der Waals surface area contributed by atoms with E-state index in [2.05, 4.69) is 36.4 Å². The van der Waals surface area contributed by atoms with Crippen molar-refractivity contribution in [2.75, 3.05) is 5.32 Å². The smallest absolute Gasteiger partial charge is 0.248 e. The molecule has 1 aromatic carbocycles. The van der Waals surface area contributed by atoms with Crippen molar-refractivity contribution in [1.29, 1.82) is 0 Å². The Bertz CT molecular complexity index is 855. The summed E-state index contributed by atoms with van der Waals surface area (Å²) in [5.74, 6) is -0.394. The number of nitrogens with one attached hydrogen (secondary N) is 1. The molecule has 0 spiro atoms. The minimum atomic E-state index is -0.304. The van der Waals surface area contributed by atoms with Gasteiger partial charge in [0.05, 0.1) is 16.7 Å². The van der Waals surface area contributed by atoms with Gasteiger partial charge < -0.3 is 0 Å². The van der Waals surface area contributed by atoms with Crippen molar-refractivity contribution in [1.82, 2.24) is 24.5 Å². The van der Waals surface area contributed by atoms with E-state index in [9.17, 15) is 9.18 Å². The molecular weight excluding hydrogens is 379 g/mol. The number of nitrogens with zero attached hydrogens (tertiary/aromatic N) is 5. The van der Waals surface area contributed by atoms with Crippen molar-refractivity contribution >= 4 is 27.8 Å². The first kappa shape index (κ1) is 16.3. The van der Waals surface area contributed by atoms with Crippen LogP contribution in [-0.2, 0) is 17.9 Å². The number of carbonyl (C=O) groups is 1. The number of carbonyl (C=O) groups excluding carboxylic acids is 1. The molecule has 2 aromatic heterocycles. The number of benzene rings is 1. The highest BCUT2D eigenvalue weighted by Gasteiger charge is 2.10. The summed E-state index contributed by atoms with van der Waals surface area (Å²) < 4.78 is 17.1. The monoisotopic (exact) mass is 392 g/mol.